The van der Waals surface area contributed by atoms with Gasteiger partial charge in [-0.1, -0.05) is 13.8 Å². The van der Waals surface area contributed by atoms with E-state index >= 15 is 0 Å². The summed E-state index contributed by atoms with van der Waals surface area (Å²) in [5, 5.41) is 3.05. The van der Waals surface area contributed by atoms with Crippen molar-refractivity contribution in [3.63, 3.8) is 0 Å². The van der Waals surface area contributed by atoms with Gasteiger partial charge in [-0.05, 0) is 24.1 Å². The molecule has 1 aliphatic heterocycles. The Labute approximate surface area is 129 Å². The third kappa shape index (κ3) is 2.64. The van der Waals surface area contributed by atoms with Gasteiger partial charge in [0.15, 0.2) is 11.5 Å². The molecule has 1 amide bonds. The van der Waals surface area contributed by atoms with Gasteiger partial charge >= 0.3 is 0 Å². The fraction of sp³-hybridized carbons (Fsp3) is 0.375. The molecule has 1 aromatic carbocycles. The molecule has 1 aliphatic rings. The van der Waals surface area contributed by atoms with E-state index in [9.17, 15) is 4.79 Å². The maximum absolute atomic E-state index is 12.5. The number of nitrogens with one attached hydrogen (secondary N) is 1. The predicted octanol–water partition coefficient (Wildman–Crippen LogP) is 2.28. The van der Waals surface area contributed by atoms with Crippen molar-refractivity contribution in [1.82, 2.24) is 14.9 Å². The first-order valence-electron chi connectivity index (χ1n) is 7.24. The summed E-state index contributed by atoms with van der Waals surface area (Å²) in [6.07, 6.45) is 3.61. The minimum Gasteiger partial charge on any atom is -0.454 e. The van der Waals surface area contributed by atoms with Crippen molar-refractivity contribution in [2.75, 3.05) is 6.79 Å². The highest BCUT2D eigenvalue weighted by Gasteiger charge is 2.23. The average molecular weight is 301 g/mol. The number of ether oxygens (including phenoxy) is 2. The van der Waals surface area contributed by atoms with E-state index in [2.05, 4.69) is 24.1 Å². The standard InChI is InChI=1S/C16H19N3O3/c1-10(2)14(15-17-6-7-19(15)3)18-16(20)11-4-5-12-13(8-11)22-9-21-12/h4-8,10,14H,9H2,1-3H3,(H,18,20). The summed E-state index contributed by atoms with van der Waals surface area (Å²) in [4.78, 5) is 16.9. The summed E-state index contributed by atoms with van der Waals surface area (Å²) >= 11 is 0. The molecule has 0 spiro atoms. The molecule has 1 unspecified atom stereocenters. The van der Waals surface area contributed by atoms with Crippen LogP contribution in [-0.2, 0) is 7.05 Å². The van der Waals surface area contributed by atoms with Crippen LogP contribution in [0.3, 0.4) is 0 Å². The molecular formula is C16H19N3O3. The zero-order chi connectivity index (χ0) is 15.7. The van der Waals surface area contributed by atoms with Crippen molar-refractivity contribution in [2.45, 2.75) is 19.9 Å². The second-order valence-electron chi connectivity index (χ2n) is 5.66. The van der Waals surface area contributed by atoms with Crippen LogP contribution in [0.4, 0.5) is 0 Å². The summed E-state index contributed by atoms with van der Waals surface area (Å²) < 4.78 is 12.5. The smallest absolute Gasteiger partial charge is 0.252 e. The van der Waals surface area contributed by atoms with E-state index in [0.29, 0.717) is 17.1 Å². The Morgan fingerprint density at radius 2 is 2.09 bits per heavy atom. The van der Waals surface area contributed by atoms with Crippen LogP contribution >= 0.6 is 0 Å². The van der Waals surface area contributed by atoms with Crippen LogP contribution in [0.15, 0.2) is 30.6 Å². The van der Waals surface area contributed by atoms with E-state index in [1.165, 1.54) is 0 Å². The molecule has 0 radical (unpaired) electrons. The summed E-state index contributed by atoms with van der Waals surface area (Å²) in [5.74, 6) is 2.18. The molecule has 6 nitrogen and oxygen atoms in total. The Morgan fingerprint density at radius 1 is 1.32 bits per heavy atom. The maximum atomic E-state index is 12.5. The largest absolute Gasteiger partial charge is 0.454 e. The van der Waals surface area contributed by atoms with Gasteiger partial charge < -0.3 is 19.4 Å². The zero-order valence-corrected chi connectivity index (χ0v) is 12.9. The lowest BCUT2D eigenvalue weighted by molar-refractivity contribution is 0.0922. The van der Waals surface area contributed by atoms with Crippen LogP contribution in [0, 0.1) is 5.92 Å². The Balaban J connectivity index is 1.81. The summed E-state index contributed by atoms with van der Waals surface area (Å²) in [6, 6.07) is 5.03. The van der Waals surface area contributed by atoms with Crippen LogP contribution in [0.25, 0.3) is 0 Å². The van der Waals surface area contributed by atoms with Gasteiger partial charge in [0.05, 0.1) is 6.04 Å². The summed E-state index contributed by atoms with van der Waals surface area (Å²) in [5.41, 5.74) is 0.545. The number of aromatic nitrogens is 2. The Hall–Kier alpha value is -2.50. The molecule has 1 aromatic heterocycles. The number of fused-ring (bicyclic) bond motifs is 1. The maximum Gasteiger partial charge on any atom is 0.252 e. The molecule has 0 saturated heterocycles. The van der Waals surface area contributed by atoms with E-state index in [4.69, 9.17) is 9.47 Å². The number of carbonyl (C=O) groups is 1. The van der Waals surface area contributed by atoms with Crippen LogP contribution < -0.4 is 14.8 Å². The van der Waals surface area contributed by atoms with E-state index < -0.39 is 0 Å². The first-order chi connectivity index (χ1) is 10.6. The highest BCUT2D eigenvalue weighted by Crippen LogP contribution is 2.32. The second-order valence-corrected chi connectivity index (χ2v) is 5.66. The molecule has 2 heterocycles. The number of rotatable bonds is 4. The third-order valence-corrected chi connectivity index (χ3v) is 3.72. The lowest BCUT2D eigenvalue weighted by Gasteiger charge is -2.22. The predicted molar refractivity (Wildman–Crippen MR) is 80.8 cm³/mol. The van der Waals surface area contributed by atoms with Gasteiger partial charge in [-0.25, -0.2) is 4.98 Å². The molecule has 0 bridgehead atoms. The highest BCUT2D eigenvalue weighted by atomic mass is 16.7. The Bertz CT molecular complexity index is 694. The molecule has 1 N–H and O–H groups in total. The van der Waals surface area contributed by atoms with Gasteiger partial charge in [0, 0.05) is 25.0 Å². The van der Waals surface area contributed by atoms with E-state index in [1.54, 1.807) is 24.4 Å². The second kappa shape index (κ2) is 5.71. The SMILES string of the molecule is CC(C)C(NC(=O)c1ccc2c(c1)OCO2)c1nccn1C. The van der Waals surface area contributed by atoms with Crippen molar-refractivity contribution in [3.8, 4) is 11.5 Å². The lowest BCUT2D eigenvalue weighted by Crippen LogP contribution is -2.33. The highest BCUT2D eigenvalue weighted by molar-refractivity contribution is 5.95. The van der Waals surface area contributed by atoms with Crippen molar-refractivity contribution in [1.29, 1.82) is 0 Å². The molecule has 22 heavy (non-hydrogen) atoms. The van der Waals surface area contributed by atoms with Gasteiger partial charge in [0.2, 0.25) is 6.79 Å². The Morgan fingerprint density at radius 3 is 2.77 bits per heavy atom. The topological polar surface area (TPSA) is 65.4 Å². The molecule has 0 fully saturated rings. The van der Waals surface area contributed by atoms with Gasteiger partial charge in [-0.3, -0.25) is 4.79 Å². The summed E-state index contributed by atoms with van der Waals surface area (Å²) in [6.45, 7) is 4.31. The van der Waals surface area contributed by atoms with Crippen LogP contribution in [0.5, 0.6) is 11.5 Å². The van der Waals surface area contributed by atoms with Crippen molar-refractivity contribution >= 4 is 5.91 Å². The molecule has 0 saturated carbocycles. The number of imidazole rings is 1. The number of hydrogen-bond donors (Lipinski definition) is 1. The fourth-order valence-electron chi connectivity index (χ4n) is 2.47. The van der Waals surface area contributed by atoms with E-state index in [-0.39, 0.29) is 24.7 Å². The van der Waals surface area contributed by atoms with Gasteiger partial charge in [0.25, 0.3) is 5.91 Å². The van der Waals surface area contributed by atoms with Crippen molar-refractivity contribution < 1.29 is 14.3 Å². The van der Waals surface area contributed by atoms with Crippen molar-refractivity contribution in [3.05, 3.63) is 42.0 Å². The minimum atomic E-state index is -0.155. The van der Waals surface area contributed by atoms with Crippen LogP contribution in [-0.4, -0.2) is 22.3 Å². The quantitative estimate of drug-likeness (QED) is 0.941. The molecule has 1 atom stereocenters. The monoisotopic (exact) mass is 301 g/mol. The van der Waals surface area contributed by atoms with Gasteiger partial charge in [-0.15, -0.1) is 0 Å². The normalized spacial score (nSPS) is 14.2. The number of hydrogen-bond acceptors (Lipinski definition) is 4. The van der Waals surface area contributed by atoms with E-state index in [1.807, 2.05) is 17.8 Å². The first-order valence-corrected chi connectivity index (χ1v) is 7.24. The fourth-order valence-corrected chi connectivity index (χ4v) is 2.47. The summed E-state index contributed by atoms with van der Waals surface area (Å²) in [7, 11) is 1.92. The molecule has 2 aromatic rings. The molecular weight excluding hydrogens is 282 g/mol. The average Bonchev–Trinajstić information content (AvgIpc) is 3.12. The number of carbonyl (C=O) groups excluding carboxylic acids is 1. The van der Waals surface area contributed by atoms with Gasteiger partial charge in [0.1, 0.15) is 5.82 Å². The molecule has 116 valence electrons. The third-order valence-electron chi connectivity index (χ3n) is 3.72. The van der Waals surface area contributed by atoms with Gasteiger partial charge in [-0.2, -0.15) is 0 Å². The van der Waals surface area contributed by atoms with Crippen molar-refractivity contribution in [2.24, 2.45) is 13.0 Å². The zero-order valence-electron chi connectivity index (χ0n) is 12.9. The molecule has 0 aliphatic carbocycles. The Kier molecular flexibility index (Phi) is 3.75. The first kappa shape index (κ1) is 14.4. The number of amides is 1. The molecule has 6 heteroatoms. The molecule has 3 rings (SSSR count). The van der Waals surface area contributed by atoms with E-state index in [0.717, 1.165) is 5.82 Å². The van der Waals surface area contributed by atoms with Crippen LogP contribution in [0.2, 0.25) is 0 Å². The minimum absolute atomic E-state index is 0.153. The number of benzene rings is 1. The number of nitrogens with zero attached hydrogens (tertiary/aromatic N) is 2. The lowest BCUT2D eigenvalue weighted by atomic mass is 10.0. The number of aryl methyl sites for hydroxylation is 1. The van der Waals surface area contributed by atoms with Crippen LogP contribution in [0.1, 0.15) is 36.1 Å².